The van der Waals surface area contributed by atoms with E-state index in [1.165, 1.54) is 22.5 Å². The van der Waals surface area contributed by atoms with Gasteiger partial charge in [-0.25, -0.2) is 12.8 Å². The molecule has 3 aromatic carbocycles. The maximum Gasteiger partial charge on any atom is 0.243 e. The highest BCUT2D eigenvalue weighted by Gasteiger charge is 2.26. The van der Waals surface area contributed by atoms with Crippen molar-refractivity contribution in [1.29, 1.82) is 0 Å². The molecule has 0 atom stereocenters. The molecule has 3 nitrogen and oxygen atoms in total. The summed E-state index contributed by atoms with van der Waals surface area (Å²) in [5.41, 5.74) is 2.11. The molecular formula is C21H18Br2FNO2S. The highest BCUT2D eigenvalue weighted by atomic mass is 79.9. The maximum atomic E-state index is 13.5. The molecule has 0 N–H and O–H groups in total. The van der Waals surface area contributed by atoms with E-state index in [4.69, 9.17) is 0 Å². The Hall–Kier alpha value is -1.54. The first-order valence-corrected chi connectivity index (χ1v) is 11.5. The molecule has 0 amide bonds. The van der Waals surface area contributed by atoms with E-state index >= 15 is 0 Å². The van der Waals surface area contributed by atoms with Gasteiger partial charge in [-0.1, -0.05) is 56.1 Å². The third-order valence-corrected chi connectivity index (χ3v) is 7.31. The zero-order valence-electron chi connectivity index (χ0n) is 15.1. The number of halogens is 3. The Bertz CT molecular complexity index is 1020. The molecule has 0 radical (unpaired) electrons. The van der Waals surface area contributed by atoms with Gasteiger partial charge in [0.05, 0.1) is 4.90 Å². The molecule has 0 saturated heterocycles. The van der Waals surface area contributed by atoms with Crippen LogP contribution in [0.3, 0.4) is 0 Å². The molecule has 0 bridgehead atoms. The van der Waals surface area contributed by atoms with Crippen LogP contribution in [0, 0.1) is 12.7 Å². The van der Waals surface area contributed by atoms with E-state index < -0.39 is 15.8 Å². The molecule has 0 aromatic heterocycles. The van der Waals surface area contributed by atoms with Crippen LogP contribution in [0.15, 0.2) is 80.6 Å². The van der Waals surface area contributed by atoms with Gasteiger partial charge in [0, 0.05) is 22.0 Å². The second kappa shape index (κ2) is 8.86. The van der Waals surface area contributed by atoms with Crippen molar-refractivity contribution in [3.8, 4) is 0 Å². The molecule has 3 rings (SSSR count). The lowest BCUT2D eigenvalue weighted by Gasteiger charge is -2.23. The Morgan fingerprint density at radius 1 is 0.821 bits per heavy atom. The number of hydrogen-bond donors (Lipinski definition) is 0. The van der Waals surface area contributed by atoms with Gasteiger partial charge in [-0.3, -0.25) is 0 Å². The maximum absolute atomic E-state index is 13.5. The van der Waals surface area contributed by atoms with Gasteiger partial charge in [-0.05, 0) is 66.1 Å². The standard InChI is InChI=1S/C21H18Br2FNO2S/c1-15-12-20(24)10-11-21(15)28(26,27)25(13-16-2-6-18(22)7-3-16)14-17-4-8-19(23)9-5-17/h2-12H,13-14H2,1H3. The lowest BCUT2D eigenvalue weighted by Crippen LogP contribution is -2.30. The number of nitrogens with zero attached hydrogens (tertiary/aromatic N) is 1. The quantitative estimate of drug-likeness (QED) is 0.392. The summed E-state index contributed by atoms with van der Waals surface area (Å²) in [6.07, 6.45) is 0. The van der Waals surface area contributed by atoms with Crippen LogP contribution in [-0.4, -0.2) is 12.7 Å². The van der Waals surface area contributed by atoms with Crippen LogP contribution in [0.1, 0.15) is 16.7 Å². The van der Waals surface area contributed by atoms with Gasteiger partial charge in [0.25, 0.3) is 0 Å². The van der Waals surface area contributed by atoms with Crippen LogP contribution in [0.4, 0.5) is 4.39 Å². The second-order valence-electron chi connectivity index (χ2n) is 6.44. The first-order chi connectivity index (χ1) is 13.3. The number of hydrogen-bond acceptors (Lipinski definition) is 2. The summed E-state index contributed by atoms with van der Waals surface area (Å²) in [4.78, 5) is 0.114. The molecule has 3 aromatic rings. The van der Waals surface area contributed by atoms with Crippen LogP contribution in [0.2, 0.25) is 0 Å². The van der Waals surface area contributed by atoms with Gasteiger partial charge in [0.2, 0.25) is 10.0 Å². The van der Waals surface area contributed by atoms with E-state index in [1.807, 2.05) is 48.5 Å². The van der Waals surface area contributed by atoms with Crippen molar-refractivity contribution in [2.75, 3.05) is 0 Å². The van der Waals surface area contributed by atoms with Crippen LogP contribution in [0.5, 0.6) is 0 Å². The van der Waals surface area contributed by atoms with Crippen molar-refractivity contribution in [2.24, 2.45) is 0 Å². The first-order valence-electron chi connectivity index (χ1n) is 8.51. The van der Waals surface area contributed by atoms with Crippen LogP contribution >= 0.6 is 31.9 Å². The van der Waals surface area contributed by atoms with Crippen molar-refractivity contribution >= 4 is 41.9 Å². The third kappa shape index (κ3) is 5.08. The van der Waals surface area contributed by atoms with Crippen LogP contribution < -0.4 is 0 Å². The number of rotatable bonds is 6. The van der Waals surface area contributed by atoms with E-state index in [0.29, 0.717) is 5.56 Å². The minimum Gasteiger partial charge on any atom is -0.207 e. The van der Waals surface area contributed by atoms with Gasteiger partial charge in [0.15, 0.2) is 0 Å². The zero-order valence-corrected chi connectivity index (χ0v) is 19.1. The predicted octanol–water partition coefficient (Wildman–Crippen LogP) is 6.05. The van der Waals surface area contributed by atoms with Crippen molar-refractivity contribution in [2.45, 2.75) is 24.9 Å². The summed E-state index contributed by atoms with van der Waals surface area (Å²) >= 11 is 6.79. The lowest BCUT2D eigenvalue weighted by atomic mass is 10.2. The van der Waals surface area contributed by atoms with Crippen molar-refractivity contribution in [3.05, 3.63) is 98.2 Å². The summed E-state index contributed by atoms with van der Waals surface area (Å²) in [6.45, 7) is 2.03. The summed E-state index contributed by atoms with van der Waals surface area (Å²) in [6, 6.07) is 18.8. The Labute approximate surface area is 181 Å². The van der Waals surface area contributed by atoms with Crippen molar-refractivity contribution in [1.82, 2.24) is 4.31 Å². The fourth-order valence-corrected chi connectivity index (χ4v) is 5.00. The van der Waals surface area contributed by atoms with Crippen molar-refractivity contribution in [3.63, 3.8) is 0 Å². The van der Waals surface area contributed by atoms with E-state index in [-0.39, 0.29) is 18.0 Å². The minimum absolute atomic E-state index is 0.114. The number of sulfonamides is 1. The van der Waals surface area contributed by atoms with Gasteiger partial charge in [-0.15, -0.1) is 0 Å². The molecule has 28 heavy (non-hydrogen) atoms. The van der Waals surface area contributed by atoms with E-state index in [0.717, 1.165) is 20.1 Å². The Morgan fingerprint density at radius 3 is 1.71 bits per heavy atom. The topological polar surface area (TPSA) is 37.4 Å². The molecule has 0 heterocycles. The van der Waals surface area contributed by atoms with Crippen LogP contribution in [-0.2, 0) is 23.1 Å². The smallest absolute Gasteiger partial charge is 0.207 e. The Morgan fingerprint density at radius 2 is 1.29 bits per heavy atom. The van der Waals surface area contributed by atoms with Crippen molar-refractivity contribution < 1.29 is 12.8 Å². The zero-order chi connectivity index (χ0) is 20.3. The highest BCUT2D eigenvalue weighted by Crippen LogP contribution is 2.25. The first kappa shape index (κ1) is 21.2. The van der Waals surface area contributed by atoms with E-state index in [2.05, 4.69) is 31.9 Å². The predicted molar refractivity (Wildman–Crippen MR) is 116 cm³/mol. The molecule has 0 unspecified atom stereocenters. The SMILES string of the molecule is Cc1cc(F)ccc1S(=O)(=O)N(Cc1ccc(Br)cc1)Cc1ccc(Br)cc1. The summed E-state index contributed by atoms with van der Waals surface area (Å²) in [5.74, 6) is -0.455. The number of benzene rings is 3. The normalized spacial score (nSPS) is 11.8. The average molecular weight is 527 g/mol. The Balaban J connectivity index is 2.00. The summed E-state index contributed by atoms with van der Waals surface area (Å²) in [5, 5.41) is 0. The lowest BCUT2D eigenvalue weighted by molar-refractivity contribution is 0.400. The molecule has 0 aliphatic carbocycles. The molecule has 0 aliphatic rings. The fourth-order valence-electron chi connectivity index (χ4n) is 2.85. The van der Waals surface area contributed by atoms with E-state index in [1.54, 1.807) is 6.92 Å². The molecule has 7 heteroatoms. The highest BCUT2D eigenvalue weighted by molar-refractivity contribution is 9.10. The summed E-state index contributed by atoms with van der Waals surface area (Å²) < 4.78 is 43.5. The largest absolute Gasteiger partial charge is 0.243 e. The monoisotopic (exact) mass is 525 g/mol. The molecule has 0 saturated carbocycles. The van der Waals surface area contributed by atoms with Crippen LogP contribution in [0.25, 0.3) is 0 Å². The fraction of sp³-hybridized carbons (Fsp3) is 0.143. The van der Waals surface area contributed by atoms with Gasteiger partial charge < -0.3 is 0 Å². The van der Waals surface area contributed by atoms with Gasteiger partial charge >= 0.3 is 0 Å². The molecule has 0 fully saturated rings. The molecule has 146 valence electrons. The average Bonchev–Trinajstić information content (AvgIpc) is 2.64. The third-order valence-electron chi connectivity index (χ3n) is 4.30. The number of aryl methyl sites for hydroxylation is 1. The second-order valence-corrected chi connectivity index (χ2v) is 10.2. The van der Waals surface area contributed by atoms with Gasteiger partial charge in [-0.2, -0.15) is 4.31 Å². The molecule has 0 aliphatic heterocycles. The molecule has 0 spiro atoms. The van der Waals surface area contributed by atoms with Gasteiger partial charge in [0.1, 0.15) is 5.82 Å². The molecular weight excluding hydrogens is 509 g/mol. The Kier molecular flexibility index (Phi) is 6.70. The van der Waals surface area contributed by atoms with E-state index in [9.17, 15) is 12.8 Å². The minimum atomic E-state index is -3.82. The summed E-state index contributed by atoms with van der Waals surface area (Å²) in [7, 11) is -3.82.